The van der Waals surface area contributed by atoms with Crippen LogP contribution in [0.25, 0.3) is 0 Å². The molecule has 0 bridgehead atoms. The van der Waals surface area contributed by atoms with Crippen LogP contribution in [0.5, 0.6) is 5.88 Å². The van der Waals surface area contributed by atoms with Crippen molar-refractivity contribution in [3.05, 3.63) is 5.38 Å². The molecule has 0 unspecified atom stereocenters. The van der Waals surface area contributed by atoms with E-state index in [1.807, 2.05) is 0 Å². The van der Waals surface area contributed by atoms with Gasteiger partial charge in [0.25, 0.3) is 0 Å². The third-order valence-corrected chi connectivity index (χ3v) is 1.19. The van der Waals surface area contributed by atoms with E-state index < -0.39 is 0 Å². The summed E-state index contributed by atoms with van der Waals surface area (Å²) >= 11 is 1.26. The highest BCUT2D eigenvalue weighted by Gasteiger charge is 1.92. The predicted molar refractivity (Wildman–Crippen MR) is 34.5 cm³/mol. The average molecular weight is 145 g/mol. The summed E-state index contributed by atoms with van der Waals surface area (Å²) in [6.45, 7) is 1.02. The molecule has 1 aromatic rings. The number of nitrogens with zero attached hydrogens (tertiary/aromatic N) is 2. The molecule has 0 radical (unpaired) electrons. The van der Waals surface area contributed by atoms with E-state index in [0.29, 0.717) is 19.0 Å². The molecule has 0 aliphatic rings. The van der Waals surface area contributed by atoms with Gasteiger partial charge >= 0.3 is 0 Å². The molecule has 2 N–H and O–H groups in total. The summed E-state index contributed by atoms with van der Waals surface area (Å²) in [7, 11) is 0. The van der Waals surface area contributed by atoms with Gasteiger partial charge in [-0.2, -0.15) is 0 Å². The lowest BCUT2D eigenvalue weighted by atomic mass is 10.7. The maximum absolute atomic E-state index is 5.18. The number of aromatic nitrogens is 2. The van der Waals surface area contributed by atoms with Crippen LogP contribution in [0.4, 0.5) is 0 Å². The second-order valence-corrected chi connectivity index (χ2v) is 1.99. The van der Waals surface area contributed by atoms with Crippen molar-refractivity contribution in [2.75, 3.05) is 13.2 Å². The summed E-state index contributed by atoms with van der Waals surface area (Å²) in [6.07, 6.45) is 0. The number of hydrogen-bond donors (Lipinski definition) is 1. The molecule has 0 aliphatic carbocycles. The summed E-state index contributed by atoms with van der Waals surface area (Å²) in [6, 6.07) is 0. The van der Waals surface area contributed by atoms with Gasteiger partial charge in [0, 0.05) is 6.54 Å². The van der Waals surface area contributed by atoms with Gasteiger partial charge in [0.1, 0.15) is 6.61 Å². The molecular weight excluding hydrogens is 138 g/mol. The Labute approximate surface area is 56.8 Å². The van der Waals surface area contributed by atoms with Crippen LogP contribution in [0.15, 0.2) is 5.38 Å². The Morgan fingerprint density at radius 2 is 2.67 bits per heavy atom. The van der Waals surface area contributed by atoms with Gasteiger partial charge in [-0.15, -0.1) is 0 Å². The van der Waals surface area contributed by atoms with Gasteiger partial charge in [0.2, 0.25) is 5.88 Å². The molecule has 1 rings (SSSR count). The molecule has 0 saturated heterocycles. The Bertz CT molecular complexity index is 153. The molecule has 0 atom stereocenters. The highest BCUT2D eigenvalue weighted by atomic mass is 32.1. The average Bonchev–Trinajstić information content (AvgIpc) is 2.34. The largest absolute Gasteiger partial charge is 0.475 e. The highest BCUT2D eigenvalue weighted by molar-refractivity contribution is 7.03. The van der Waals surface area contributed by atoms with Crippen LogP contribution in [0.3, 0.4) is 0 Å². The first-order valence-electron chi connectivity index (χ1n) is 2.53. The fourth-order valence-electron chi connectivity index (χ4n) is 0.382. The van der Waals surface area contributed by atoms with Crippen molar-refractivity contribution in [2.45, 2.75) is 0 Å². The molecule has 0 spiro atoms. The van der Waals surface area contributed by atoms with Crippen molar-refractivity contribution in [3.63, 3.8) is 0 Å². The molecule has 4 nitrogen and oxygen atoms in total. The van der Waals surface area contributed by atoms with Crippen LogP contribution in [0.2, 0.25) is 0 Å². The predicted octanol–water partition coefficient (Wildman–Crippen LogP) is -0.124. The van der Waals surface area contributed by atoms with Crippen molar-refractivity contribution >= 4 is 11.5 Å². The van der Waals surface area contributed by atoms with E-state index in [2.05, 4.69) is 9.59 Å². The molecule has 5 heteroatoms. The molecule has 0 amide bonds. The van der Waals surface area contributed by atoms with Crippen LogP contribution in [0.1, 0.15) is 0 Å². The van der Waals surface area contributed by atoms with Gasteiger partial charge in [-0.25, -0.2) is 0 Å². The molecule has 0 aromatic carbocycles. The molecular formula is C4H7N3OS. The van der Waals surface area contributed by atoms with E-state index in [0.717, 1.165) is 0 Å². The van der Waals surface area contributed by atoms with Crippen LogP contribution in [-0.2, 0) is 0 Å². The van der Waals surface area contributed by atoms with Crippen molar-refractivity contribution in [1.29, 1.82) is 0 Å². The van der Waals surface area contributed by atoms with Crippen LogP contribution in [0, 0.1) is 0 Å². The Morgan fingerprint density at radius 1 is 1.78 bits per heavy atom. The Morgan fingerprint density at radius 3 is 3.22 bits per heavy atom. The van der Waals surface area contributed by atoms with E-state index in [9.17, 15) is 0 Å². The lowest BCUT2D eigenvalue weighted by Gasteiger charge is -1.95. The molecule has 1 aromatic heterocycles. The summed E-state index contributed by atoms with van der Waals surface area (Å²) in [5.74, 6) is 0.561. The fraction of sp³-hybridized carbons (Fsp3) is 0.500. The minimum Gasteiger partial charge on any atom is -0.475 e. The van der Waals surface area contributed by atoms with Gasteiger partial charge < -0.3 is 10.5 Å². The molecule has 0 fully saturated rings. The minimum absolute atomic E-state index is 0.505. The first kappa shape index (κ1) is 6.44. The van der Waals surface area contributed by atoms with Gasteiger partial charge in [0.15, 0.2) is 0 Å². The molecule has 0 saturated carbocycles. The van der Waals surface area contributed by atoms with Crippen LogP contribution < -0.4 is 10.5 Å². The summed E-state index contributed by atoms with van der Waals surface area (Å²) < 4.78 is 8.61. The second-order valence-electron chi connectivity index (χ2n) is 1.38. The molecule has 1 heterocycles. The van der Waals surface area contributed by atoms with Gasteiger partial charge in [-0.1, -0.05) is 9.59 Å². The van der Waals surface area contributed by atoms with Gasteiger partial charge in [-0.3, -0.25) is 0 Å². The van der Waals surface area contributed by atoms with E-state index in [1.165, 1.54) is 11.5 Å². The van der Waals surface area contributed by atoms with Gasteiger partial charge in [0.05, 0.1) is 5.38 Å². The number of nitrogens with two attached hydrogens (primary N) is 1. The third kappa shape index (κ3) is 1.95. The lowest BCUT2D eigenvalue weighted by molar-refractivity contribution is 0.315. The van der Waals surface area contributed by atoms with Crippen molar-refractivity contribution in [1.82, 2.24) is 9.59 Å². The van der Waals surface area contributed by atoms with E-state index in [4.69, 9.17) is 10.5 Å². The standard InChI is InChI=1S/C4H7N3OS/c5-1-2-8-4-3-9-7-6-4/h3H,1-2,5H2. The fourth-order valence-corrected chi connectivity index (χ4v) is 0.763. The topological polar surface area (TPSA) is 61.0 Å². The highest BCUT2D eigenvalue weighted by Crippen LogP contribution is 2.04. The Hall–Kier alpha value is -0.680. The van der Waals surface area contributed by atoms with Crippen molar-refractivity contribution < 1.29 is 4.74 Å². The number of ether oxygens (including phenoxy) is 1. The van der Waals surface area contributed by atoms with E-state index in [1.54, 1.807) is 5.38 Å². The molecule has 50 valence electrons. The summed E-state index contributed by atoms with van der Waals surface area (Å²) in [5.41, 5.74) is 5.18. The lowest BCUT2D eigenvalue weighted by Crippen LogP contribution is -2.10. The maximum atomic E-state index is 5.18. The van der Waals surface area contributed by atoms with Crippen molar-refractivity contribution in [3.8, 4) is 5.88 Å². The number of rotatable bonds is 3. The third-order valence-electron chi connectivity index (χ3n) is 0.708. The van der Waals surface area contributed by atoms with E-state index >= 15 is 0 Å². The SMILES string of the molecule is NCCOc1csnn1. The first-order chi connectivity index (χ1) is 4.43. The zero-order valence-electron chi connectivity index (χ0n) is 4.78. The maximum Gasteiger partial charge on any atom is 0.246 e. The Balaban J connectivity index is 2.30. The smallest absolute Gasteiger partial charge is 0.246 e. The zero-order chi connectivity index (χ0) is 6.53. The minimum atomic E-state index is 0.505. The van der Waals surface area contributed by atoms with Crippen LogP contribution >= 0.6 is 11.5 Å². The second kappa shape index (κ2) is 3.37. The summed E-state index contributed by atoms with van der Waals surface area (Å²) in [5, 5.41) is 5.38. The van der Waals surface area contributed by atoms with E-state index in [-0.39, 0.29) is 0 Å². The van der Waals surface area contributed by atoms with Gasteiger partial charge in [-0.05, 0) is 11.5 Å². The quantitative estimate of drug-likeness (QED) is 0.644. The summed E-state index contributed by atoms with van der Waals surface area (Å²) in [4.78, 5) is 0. The number of hydrogen-bond acceptors (Lipinski definition) is 5. The molecule has 9 heavy (non-hydrogen) atoms. The van der Waals surface area contributed by atoms with Crippen molar-refractivity contribution in [2.24, 2.45) is 5.73 Å². The Kier molecular flexibility index (Phi) is 2.41. The van der Waals surface area contributed by atoms with Crippen LogP contribution in [-0.4, -0.2) is 22.7 Å². The first-order valence-corrected chi connectivity index (χ1v) is 3.37. The monoisotopic (exact) mass is 145 g/mol. The molecule has 0 aliphatic heterocycles. The zero-order valence-corrected chi connectivity index (χ0v) is 5.60. The normalized spacial score (nSPS) is 9.44.